The molecule has 1 saturated carbocycles. The lowest BCUT2D eigenvalue weighted by molar-refractivity contribution is 0.395. The smallest absolute Gasteiger partial charge is 0.233 e. The molecule has 0 unspecified atom stereocenters. The van der Waals surface area contributed by atoms with Gasteiger partial charge < -0.3 is 15.4 Å². The van der Waals surface area contributed by atoms with Crippen molar-refractivity contribution in [1.82, 2.24) is 9.97 Å². The van der Waals surface area contributed by atoms with Gasteiger partial charge in [-0.3, -0.25) is 4.98 Å². The van der Waals surface area contributed by atoms with Crippen LogP contribution >= 0.6 is 0 Å². The minimum absolute atomic E-state index is 0.556. The minimum atomic E-state index is 0.556. The zero-order valence-electron chi connectivity index (χ0n) is 10.3. The summed E-state index contributed by atoms with van der Waals surface area (Å²) in [7, 11) is 1.61. The summed E-state index contributed by atoms with van der Waals surface area (Å²) in [4.78, 5) is 10.9. The third kappa shape index (κ3) is 2.85. The van der Waals surface area contributed by atoms with Crippen LogP contribution in [-0.2, 0) is 0 Å². The summed E-state index contributed by atoms with van der Waals surface area (Å²) in [5, 5.41) is 0. The first-order valence-electron chi connectivity index (χ1n) is 6.18. The summed E-state index contributed by atoms with van der Waals surface area (Å²) >= 11 is 0. The van der Waals surface area contributed by atoms with Crippen LogP contribution in [0, 0.1) is 0 Å². The molecular formula is C12H20N4O. The Kier molecular flexibility index (Phi) is 4.14. The molecular weight excluding hydrogens is 216 g/mol. The molecule has 1 aromatic heterocycles. The van der Waals surface area contributed by atoms with Crippen LogP contribution < -0.4 is 15.4 Å². The number of aromatic nitrogens is 2. The van der Waals surface area contributed by atoms with Crippen LogP contribution in [0.2, 0.25) is 0 Å². The average Bonchev–Trinajstić information content (AvgIpc) is 2.89. The molecule has 0 amide bonds. The fourth-order valence-electron chi connectivity index (χ4n) is 2.41. The van der Waals surface area contributed by atoms with Crippen molar-refractivity contribution in [1.29, 1.82) is 0 Å². The second-order valence-corrected chi connectivity index (χ2v) is 4.34. The van der Waals surface area contributed by atoms with Crippen LogP contribution in [0.4, 0.5) is 5.82 Å². The van der Waals surface area contributed by atoms with Gasteiger partial charge in [0.2, 0.25) is 5.88 Å². The maximum Gasteiger partial charge on any atom is 0.233 e. The monoisotopic (exact) mass is 236 g/mol. The zero-order chi connectivity index (χ0) is 12.1. The fraction of sp³-hybridized carbons (Fsp3) is 0.667. The van der Waals surface area contributed by atoms with Gasteiger partial charge in [0, 0.05) is 19.1 Å². The summed E-state index contributed by atoms with van der Waals surface area (Å²) < 4.78 is 5.11. The van der Waals surface area contributed by atoms with E-state index in [-0.39, 0.29) is 0 Å². The summed E-state index contributed by atoms with van der Waals surface area (Å²) in [5.41, 5.74) is 5.68. The maximum atomic E-state index is 5.68. The number of nitrogens with zero attached hydrogens (tertiary/aromatic N) is 3. The summed E-state index contributed by atoms with van der Waals surface area (Å²) in [6, 6.07) is 0.556. The third-order valence-electron chi connectivity index (χ3n) is 3.24. The first-order chi connectivity index (χ1) is 8.35. The fourth-order valence-corrected chi connectivity index (χ4v) is 2.41. The molecule has 0 radical (unpaired) electrons. The number of anilines is 1. The SMILES string of the molecule is COc1cncc(N(CCN)C2CCCC2)n1. The highest BCUT2D eigenvalue weighted by Gasteiger charge is 2.23. The van der Waals surface area contributed by atoms with E-state index in [0.29, 0.717) is 18.5 Å². The van der Waals surface area contributed by atoms with E-state index in [1.54, 1.807) is 19.5 Å². The number of methoxy groups -OCH3 is 1. The van der Waals surface area contributed by atoms with Crippen LogP contribution in [0.15, 0.2) is 12.4 Å². The number of rotatable bonds is 5. The molecule has 5 heteroatoms. The highest BCUT2D eigenvalue weighted by Crippen LogP contribution is 2.27. The zero-order valence-corrected chi connectivity index (χ0v) is 10.3. The van der Waals surface area contributed by atoms with E-state index < -0.39 is 0 Å². The Morgan fingerprint density at radius 2 is 2.18 bits per heavy atom. The van der Waals surface area contributed by atoms with Crippen molar-refractivity contribution < 1.29 is 4.74 Å². The van der Waals surface area contributed by atoms with Gasteiger partial charge in [0.1, 0.15) is 0 Å². The molecule has 0 bridgehead atoms. The molecule has 0 atom stereocenters. The lowest BCUT2D eigenvalue weighted by atomic mass is 10.2. The highest BCUT2D eigenvalue weighted by molar-refractivity contribution is 5.39. The minimum Gasteiger partial charge on any atom is -0.480 e. The van der Waals surface area contributed by atoms with E-state index in [2.05, 4.69) is 14.9 Å². The Labute approximate surface area is 102 Å². The molecule has 0 saturated heterocycles. The van der Waals surface area contributed by atoms with Crippen LogP contribution in [-0.4, -0.2) is 36.2 Å². The summed E-state index contributed by atoms with van der Waals surface area (Å²) in [6.45, 7) is 1.46. The van der Waals surface area contributed by atoms with E-state index in [4.69, 9.17) is 10.5 Å². The number of nitrogens with two attached hydrogens (primary N) is 1. The van der Waals surface area contributed by atoms with Gasteiger partial charge in [-0.25, -0.2) is 0 Å². The molecule has 0 spiro atoms. The normalized spacial score (nSPS) is 16.1. The first kappa shape index (κ1) is 12.1. The molecule has 2 N–H and O–H groups in total. The molecule has 1 aliphatic rings. The van der Waals surface area contributed by atoms with Crippen molar-refractivity contribution in [2.45, 2.75) is 31.7 Å². The quantitative estimate of drug-likeness (QED) is 0.832. The van der Waals surface area contributed by atoms with Crippen LogP contribution in [0.3, 0.4) is 0 Å². The molecule has 1 fully saturated rings. The van der Waals surface area contributed by atoms with Crippen LogP contribution in [0.25, 0.3) is 0 Å². The van der Waals surface area contributed by atoms with E-state index >= 15 is 0 Å². The van der Waals surface area contributed by atoms with Gasteiger partial charge in [0.15, 0.2) is 5.82 Å². The van der Waals surface area contributed by atoms with Crippen molar-refractivity contribution in [3.05, 3.63) is 12.4 Å². The number of ether oxygens (including phenoxy) is 1. The number of hydrogen-bond donors (Lipinski definition) is 1. The second-order valence-electron chi connectivity index (χ2n) is 4.34. The molecule has 1 heterocycles. The summed E-state index contributed by atoms with van der Waals surface area (Å²) in [5.74, 6) is 1.43. The van der Waals surface area contributed by atoms with Crippen molar-refractivity contribution in [3.63, 3.8) is 0 Å². The molecule has 17 heavy (non-hydrogen) atoms. The Hall–Kier alpha value is -1.36. The molecule has 1 aliphatic carbocycles. The Bertz CT molecular complexity index is 352. The number of hydrogen-bond acceptors (Lipinski definition) is 5. The van der Waals surface area contributed by atoms with E-state index in [1.807, 2.05) is 0 Å². The van der Waals surface area contributed by atoms with Gasteiger partial charge in [-0.1, -0.05) is 12.8 Å². The molecule has 0 aromatic carbocycles. The molecule has 0 aliphatic heterocycles. The van der Waals surface area contributed by atoms with E-state index in [0.717, 1.165) is 12.4 Å². The largest absolute Gasteiger partial charge is 0.480 e. The Morgan fingerprint density at radius 3 is 2.82 bits per heavy atom. The standard InChI is InChI=1S/C12H20N4O/c1-17-12-9-14-8-11(15-12)16(7-6-13)10-4-2-3-5-10/h8-10H,2-7,13H2,1H3. The predicted molar refractivity (Wildman–Crippen MR) is 67.2 cm³/mol. The van der Waals surface area contributed by atoms with Gasteiger partial charge in [-0.15, -0.1) is 0 Å². The Balaban J connectivity index is 2.18. The van der Waals surface area contributed by atoms with Crippen molar-refractivity contribution >= 4 is 5.82 Å². The van der Waals surface area contributed by atoms with E-state index in [1.165, 1.54) is 25.7 Å². The molecule has 2 rings (SSSR count). The van der Waals surface area contributed by atoms with Gasteiger partial charge in [0.05, 0.1) is 19.5 Å². The molecule has 94 valence electrons. The molecule has 1 aromatic rings. The van der Waals surface area contributed by atoms with Gasteiger partial charge >= 0.3 is 0 Å². The molecule has 5 nitrogen and oxygen atoms in total. The van der Waals surface area contributed by atoms with Crippen LogP contribution in [0.5, 0.6) is 5.88 Å². The van der Waals surface area contributed by atoms with Gasteiger partial charge in [0.25, 0.3) is 0 Å². The lowest BCUT2D eigenvalue weighted by Crippen LogP contribution is -2.38. The predicted octanol–water partition coefficient (Wildman–Crippen LogP) is 1.19. The topological polar surface area (TPSA) is 64.3 Å². The summed E-state index contributed by atoms with van der Waals surface area (Å²) in [6.07, 6.45) is 8.44. The van der Waals surface area contributed by atoms with E-state index in [9.17, 15) is 0 Å². The Morgan fingerprint density at radius 1 is 1.41 bits per heavy atom. The van der Waals surface area contributed by atoms with Crippen molar-refractivity contribution in [2.75, 3.05) is 25.1 Å². The maximum absolute atomic E-state index is 5.68. The van der Waals surface area contributed by atoms with Crippen molar-refractivity contribution in [2.24, 2.45) is 5.73 Å². The lowest BCUT2D eigenvalue weighted by Gasteiger charge is -2.29. The first-order valence-corrected chi connectivity index (χ1v) is 6.18. The van der Waals surface area contributed by atoms with Gasteiger partial charge in [-0.05, 0) is 12.8 Å². The highest BCUT2D eigenvalue weighted by atomic mass is 16.5. The second kappa shape index (κ2) is 5.82. The van der Waals surface area contributed by atoms with Crippen molar-refractivity contribution in [3.8, 4) is 5.88 Å². The van der Waals surface area contributed by atoms with Crippen LogP contribution in [0.1, 0.15) is 25.7 Å². The third-order valence-corrected chi connectivity index (χ3v) is 3.24. The average molecular weight is 236 g/mol. The van der Waals surface area contributed by atoms with Gasteiger partial charge in [-0.2, -0.15) is 4.98 Å².